The van der Waals surface area contributed by atoms with E-state index in [0.717, 1.165) is 32.2 Å². The van der Waals surface area contributed by atoms with Crippen LogP contribution in [0.1, 0.15) is 32.3 Å². The van der Waals surface area contributed by atoms with Crippen molar-refractivity contribution in [3.8, 4) is 11.8 Å². The fraction of sp³-hybridized carbons (Fsp3) is 0.333. The van der Waals surface area contributed by atoms with Crippen LogP contribution < -0.4 is 10.0 Å². The molecule has 0 unspecified atom stereocenters. The van der Waals surface area contributed by atoms with Crippen molar-refractivity contribution in [3.05, 3.63) is 53.1 Å². The lowest BCUT2D eigenvalue weighted by molar-refractivity contribution is 0.214. The molecule has 0 atom stereocenters. The molecule has 0 radical (unpaired) electrons. The summed E-state index contributed by atoms with van der Waals surface area (Å²) < 4.78 is 40.3. The first-order valence-electron chi connectivity index (χ1n) is 10.8. The third-order valence-corrected chi connectivity index (χ3v) is 6.53. The molecular weight excluding hydrogens is 477 g/mol. The second kappa shape index (κ2) is 9.37. The quantitative estimate of drug-likeness (QED) is 0.490. The predicted molar refractivity (Wildman–Crippen MR) is 134 cm³/mol. The molecule has 0 saturated carbocycles. The smallest absolute Gasteiger partial charge is 0.229 e. The van der Waals surface area contributed by atoms with Gasteiger partial charge >= 0.3 is 0 Å². The lowest BCUT2D eigenvalue weighted by Crippen LogP contribution is -2.40. The van der Waals surface area contributed by atoms with Crippen LogP contribution in [-0.4, -0.2) is 48.2 Å². The maximum atomic E-state index is 13.5. The van der Waals surface area contributed by atoms with Crippen molar-refractivity contribution >= 4 is 49.7 Å². The van der Waals surface area contributed by atoms with Gasteiger partial charge in [0.2, 0.25) is 10.0 Å². The molecule has 0 aliphatic carbocycles. The van der Waals surface area contributed by atoms with E-state index in [4.69, 9.17) is 11.6 Å². The number of nitrogens with one attached hydrogen (secondary N) is 2. The maximum Gasteiger partial charge on any atom is 0.229 e. The Morgan fingerprint density at radius 3 is 2.56 bits per heavy atom. The summed E-state index contributed by atoms with van der Waals surface area (Å²) in [6, 6.07) is 7.61. The van der Waals surface area contributed by atoms with Crippen molar-refractivity contribution in [2.24, 2.45) is 0 Å². The molecule has 2 aromatic carbocycles. The van der Waals surface area contributed by atoms with Crippen molar-refractivity contribution in [1.29, 1.82) is 0 Å². The van der Waals surface area contributed by atoms with E-state index in [-0.39, 0.29) is 10.6 Å². The molecule has 178 valence electrons. The summed E-state index contributed by atoms with van der Waals surface area (Å²) in [5, 5.41) is 3.64. The van der Waals surface area contributed by atoms with E-state index in [1.807, 2.05) is 0 Å². The number of fused-ring (bicyclic) bond motifs is 1. The zero-order chi connectivity index (χ0) is 24.5. The van der Waals surface area contributed by atoms with E-state index >= 15 is 0 Å². The number of sulfonamides is 1. The minimum atomic E-state index is -3.57. The molecular formula is C24H25ClFN5O2S. The maximum absolute atomic E-state index is 13.5. The summed E-state index contributed by atoms with van der Waals surface area (Å²) in [5.41, 5.74) is 1.59. The Kier molecular flexibility index (Phi) is 6.67. The van der Waals surface area contributed by atoms with Crippen LogP contribution >= 0.6 is 11.6 Å². The van der Waals surface area contributed by atoms with Gasteiger partial charge < -0.3 is 5.32 Å². The van der Waals surface area contributed by atoms with E-state index in [1.54, 1.807) is 12.1 Å². The van der Waals surface area contributed by atoms with Crippen LogP contribution in [0.5, 0.6) is 0 Å². The number of nitrogens with zero attached hydrogens (tertiary/aromatic N) is 3. The summed E-state index contributed by atoms with van der Waals surface area (Å²) in [4.78, 5) is 10.9. The highest BCUT2D eigenvalue weighted by Gasteiger charge is 2.27. The highest BCUT2D eigenvalue weighted by Crippen LogP contribution is 2.30. The predicted octanol–water partition coefficient (Wildman–Crippen LogP) is 4.76. The zero-order valence-electron chi connectivity index (χ0n) is 19.1. The molecule has 1 aliphatic heterocycles. The summed E-state index contributed by atoms with van der Waals surface area (Å²) in [5.74, 6) is 6.36. The van der Waals surface area contributed by atoms with Crippen LogP contribution in [0.4, 0.5) is 21.6 Å². The van der Waals surface area contributed by atoms with Crippen LogP contribution in [-0.2, 0) is 10.0 Å². The molecule has 7 nitrogen and oxygen atoms in total. The Morgan fingerprint density at radius 1 is 1.15 bits per heavy atom. The van der Waals surface area contributed by atoms with Gasteiger partial charge in [0.1, 0.15) is 18.0 Å². The normalized spacial score (nSPS) is 14.6. The lowest BCUT2D eigenvalue weighted by Gasteiger charge is -2.30. The summed E-state index contributed by atoms with van der Waals surface area (Å²) in [6.07, 6.45) is 4.77. The minimum absolute atomic E-state index is 0.0269. The summed E-state index contributed by atoms with van der Waals surface area (Å²) >= 11 is 5.89. The highest BCUT2D eigenvalue weighted by atomic mass is 35.5. The molecule has 2 heterocycles. The Labute approximate surface area is 203 Å². The zero-order valence-corrected chi connectivity index (χ0v) is 20.7. The van der Waals surface area contributed by atoms with Crippen molar-refractivity contribution < 1.29 is 12.8 Å². The van der Waals surface area contributed by atoms with Gasteiger partial charge in [0, 0.05) is 11.1 Å². The van der Waals surface area contributed by atoms with Gasteiger partial charge in [0.15, 0.2) is 0 Å². The number of hydrogen-bond donors (Lipinski definition) is 2. The van der Waals surface area contributed by atoms with Gasteiger partial charge in [-0.25, -0.2) is 22.8 Å². The standard InChI is InChI=1S/C24H25ClFN5O2S/c1-24(2,31-10-4-5-11-31)9-8-16-12-22-18(14-21(16)30-34(3,32)33)23(28-15-27-22)29-17-6-7-20(26)19(25)13-17/h6-7,12-15,30H,4-5,10-11H2,1-3H3,(H,27,28,29). The van der Waals surface area contributed by atoms with Gasteiger partial charge in [-0.3, -0.25) is 9.62 Å². The Bertz CT molecular complexity index is 1410. The average Bonchev–Trinajstić information content (AvgIpc) is 3.30. The molecule has 3 aromatic rings. The van der Waals surface area contributed by atoms with Gasteiger partial charge in [-0.05, 0) is 70.1 Å². The number of hydrogen-bond acceptors (Lipinski definition) is 6. The number of aromatic nitrogens is 2. The van der Waals surface area contributed by atoms with Crippen molar-refractivity contribution in [2.75, 3.05) is 29.4 Å². The van der Waals surface area contributed by atoms with E-state index in [2.05, 4.69) is 50.6 Å². The lowest BCUT2D eigenvalue weighted by atomic mass is 10.0. The number of benzene rings is 2. The molecule has 1 aromatic heterocycles. The third kappa shape index (κ3) is 5.58. The largest absolute Gasteiger partial charge is 0.340 e. The molecule has 4 rings (SSSR count). The minimum Gasteiger partial charge on any atom is -0.340 e. The highest BCUT2D eigenvalue weighted by molar-refractivity contribution is 7.92. The number of likely N-dealkylation sites (tertiary alicyclic amines) is 1. The van der Waals surface area contributed by atoms with Crippen LogP contribution in [0.25, 0.3) is 10.9 Å². The Balaban J connectivity index is 1.78. The number of halogens is 2. The monoisotopic (exact) mass is 501 g/mol. The van der Waals surface area contributed by atoms with Gasteiger partial charge in [-0.1, -0.05) is 23.4 Å². The second-order valence-corrected chi connectivity index (χ2v) is 10.9. The second-order valence-electron chi connectivity index (χ2n) is 8.77. The van der Waals surface area contributed by atoms with Gasteiger partial charge in [0.25, 0.3) is 0 Å². The van der Waals surface area contributed by atoms with E-state index in [0.29, 0.717) is 33.7 Å². The van der Waals surface area contributed by atoms with Crippen LogP contribution in [0.3, 0.4) is 0 Å². The van der Waals surface area contributed by atoms with Crippen LogP contribution in [0.2, 0.25) is 5.02 Å². The Morgan fingerprint density at radius 2 is 1.88 bits per heavy atom. The number of anilines is 3. The van der Waals surface area contributed by atoms with Gasteiger partial charge in [-0.2, -0.15) is 0 Å². The number of rotatable bonds is 5. The average molecular weight is 502 g/mol. The van der Waals surface area contributed by atoms with E-state index < -0.39 is 15.8 Å². The molecule has 34 heavy (non-hydrogen) atoms. The molecule has 1 saturated heterocycles. The first kappa shape index (κ1) is 24.2. The molecule has 1 aliphatic rings. The molecule has 1 fully saturated rings. The van der Waals surface area contributed by atoms with Crippen LogP contribution in [0, 0.1) is 17.7 Å². The SMILES string of the molecule is CC(C)(C#Cc1cc2ncnc(Nc3ccc(F)c(Cl)c3)c2cc1NS(C)(=O)=O)N1CCCC1. The van der Waals surface area contributed by atoms with Crippen molar-refractivity contribution in [2.45, 2.75) is 32.2 Å². The molecule has 2 N–H and O–H groups in total. The first-order chi connectivity index (χ1) is 16.0. The summed E-state index contributed by atoms with van der Waals surface area (Å²) in [7, 11) is -3.57. The summed E-state index contributed by atoms with van der Waals surface area (Å²) in [6.45, 7) is 6.11. The third-order valence-electron chi connectivity index (χ3n) is 5.65. The van der Waals surface area contributed by atoms with E-state index in [1.165, 1.54) is 24.5 Å². The Hall–Kier alpha value is -2.93. The van der Waals surface area contributed by atoms with Crippen LogP contribution in [0.15, 0.2) is 36.7 Å². The van der Waals surface area contributed by atoms with Crippen molar-refractivity contribution in [1.82, 2.24) is 14.9 Å². The van der Waals surface area contributed by atoms with Crippen molar-refractivity contribution in [3.63, 3.8) is 0 Å². The van der Waals surface area contributed by atoms with E-state index in [9.17, 15) is 12.8 Å². The van der Waals surface area contributed by atoms with Gasteiger partial charge in [0.05, 0.1) is 33.6 Å². The first-order valence-corrected chi connectivity index (χ1v) is 13.1. The topological polar surface area (TPSA) is 87.2 Å². The fourth-order valence-corrected chi connectivity index (χ4v) is 4.63. The molecule has 0 spiro atoms. The van der Waals surface area contributed by atoms with Gasteiger partial charge in [-0.15, -0.1) is 0 Å². The fourth-order valence-electron chi connectivity index (χ4n) is 3.88. The molecule has 0 bridgehead atoms. The molecule has 10 heteroatoms. The molecule has 0 amide bonds.